The third-order valence-electron chi connectivity index (χ3n) is 8.39. The fourth-order valence-corrected chi connectivity index (χ4v) is 17.7. The fraction of sp³-hybridized carbons (Fsp3) is 0.792. The summed E-state index contributed by atoms with van der Waals surface area (Å²) in [6.45, 7) is 18.1. The molecule has 35 heavy (non-hydrogen) atoms. The molecule has 6 unspecified atom stereocenters. The molecule has 7 rings (SSSR count). The zero-order valence-electron chi connectivity index (χ0n) is 22.2. The van der Waals surface area contributed by atoms with Gasteiger partial charge in [0.15, 0.2) is 11.2 Å². The summed E-state index contributed by atoms with van der Waals surface area (Å²) in [6.07, 6.45) is 2.60. The van der Waals surface area contributed by atoms with Crippen LogP contribution in [-0.2, 0) is 24.1 Å². The highest BCUT2D eigenvalue weighted by atomic mass is 28.5. The van der Waals surface area contributed by atoms with E-state index in [1.807, 2.05) is 4.57 Å². The van der Waals surface area contributed by atoms with Crippen LogP contribution in [0.2, 0.25) is 22.2 Å². The standard InChI is InChI=1S/C24H40N4O5Si2/c1-13(2)34(14(3)4)32-19-10-18-17(8)31-20(19)11-30-35(33-34,15(5)6)16(7)9-21-26-23-22(24(29)27-21)25-12-28(18)23/h12-20H,9-11H2,1-8H3,(H,26,27,29). The van der Waals surface area contributed by atoms with Crippen molar-refractivity contribution in [3.63, 3.8) is 0 Å². The number of H-pyrrole nitrogens is 1. The maximum atomic E-state index is 13.0. The van der Waals surface area contributed by atoms with Crippen molar-refractivity contribution >= 4 is 28.3 Å². The molecule has 2 aromatic rings. The fourth-order valence-electron chi connectivity index (χ4n) is 6.41. The Bertz CT molecular complexity index is 1140. The molecule has 6 atom stereocenters. The molecule has 1 N–H and O–H groups in total. The zero-order chi connectivity index (χ0) is 25.3. The van der Waals surface area contributed by atoms with Crippen molar-refractivity contribution in [2.75, 3.05) is 6.61 Å². The molecule has 0 aliphatic carbocycles. The lowest BCUT2D eigenvalue weighted by Crippen LogP contribution is -2.67. The van der Waals surface area contributed by atoms with Gasteiger partial charge in [-0.05, 0) is 30.0 Å². The topological polar surface area (TPSA) is 100 Å². The minimum atomic E-state index is -2.87. The molecule has 5 aliphatic heterocycles. The van der Waals surface area contributed by atoms with Crippen LogP contribution in [-0.4, -0.2) is 61.6 Å². The monoisotopic (exact) mass is 520 g/mol. The lowest BCUT2D eigenvalue weighted by molar-refractivity contribution is -0.152. The first kappa shape index (κ1) is 25.3. The van der Waals surface area contributed by atoms with E-state index in [9.17, 15) is 4.79 Å². The number of nitrogens with one attached hydrogen (secondary N) is 1. The zero-order valence-corrected chi connectivity index (χ0v) is 24.2. The van der Waals surface area contributed by atoms with E-state index in [1.165, 1.54) is 0 Å². The van der Waals surface area contributed by atoms with Crippen LogP contribution in [0.4, 0.5) is 0 Å². The number of aromatic amines is 1. The van der Waals surface area contributed by atoms with Crippen LogP contribution >= 0.6 is 0 Å². The van der Waals surface area contributed by atoms with Gasteiger partial charge < -0.3 is 27.3 Å². The lowest BCUT2D eigenvalue weighted by atomic mass is 9.97. The van der Waals surface area contributed by atoms with E-state index in [0.717, 1.165) is 6.42 Å². The van der Waals surface area contributed by atoms with Crippen molar-refractivity contribution in [1.82, 2.24) is 19.5 Å². The molecular formula is C24H40N4O5Si2. The molecule has 2 saturated heterocycles. The summed E-state index contributed by atoms with van der Waals surface area (Å²) in [5, 5.41) is 0. The average Bonchev–Trinajstić information content (AvgIpc) is 3.18. The largest absolute Gasteiger partial charge is 0.414 e. The van der Waals surface area contributed by atoms with E-state index in [0.29, 0.717) is 30.0 Å². The third-order valence-corrected chi connectivity index (χ3v) is 18.6. The number of hydrogen-bond donors (Lipinski definition) is 1. The molecule has 0 radical (unpaired) electrons. The van der Waals surface area contributed by atoms with Gasteiger partial charge in [-0.3, -0.25) is 4.79 Å². The van der Waals surface area contributed by atoms with Crippen molar-refractivity contribution in [2.24, 2.45) is 0 Å². The Labute approximate surface area is 209 Å². The van der Waals surface area contributed by atoms with Crippen LogP contribution < -0.4 is 5.56 Å². The minimum absolute atomic E-state index is 0.0411. The van der Waals surface area contributed by atoms with E-state index < -0.39 is 17.1 Å². The predicted octanol–water partition coefficient (Wildman–Crippen LogP) is 4.33. The molecule has 0 saturated carbocycles. The first-order chi connectivity index (χ1) is 16.5. The first-order valence-electron chi connectivity index (χ1n) is 13.1. The number of ether oxygens (including phenoxy) is 1. The molecule has 0 spiro atoms. The van der Waals surface area contributed by atoms with Gasteiger partial charge in [-0.2, -0.15) is 0 Å². The van der Waals surface area contributed by atoms with E-state index in [4.69, 9.17) is 22.7 Å². The van der Waals surface area contributed by atoms with Crippen molar-refractivity contribution in [3.05, 3.63) is 22.5 Å². The van der Waals surface area contributed by atoms with Gasteiger partial charge in [-0.1, -0.05) is 48.5 Å². The summed E-state index contributed by atoms with van der Waals surface area (Å²) >= 11 is 0. The minimum Gasteiger partial charge on any atom is -0.414 e. The van der Waals surface area contributed by atoms with Gasteiger partial charge in [0.2, 0.25) is 0 Å². The molecule has 7 heterocycles. The number of aromatic nitrogens is 4. The molecule has 5 aliphatic rings. The van der Waals surface area contributed by atoms with Gasteiger partial charge in [-0.25, -0.2) is 9.97 Å². The molecule has 2 aromatic heterocycles. The van der Waals surface area contributed by atoms with Gasteiger partial charge in [-0.15, -0.1) is 0 Å². The number of fused-ring (bicyclic) bond motifs is 3. The molecular weight excluding hydrogens is 480 g/mol. The maximum Gasteiger partial charge on any atom is 0.335 e. The first-order valence-corrected chi connectivity index (χ1v) is 17.1. The Hall–Kier alpha value is -1.38. The third kappa shape index (κ3) is 3.90. The lowest BCUT2D eigenvalue weighted by Gasteiger charge is -2.54. The number of rotatable bonds is 3. The summed E-state index contributed by atoms with van der Waals surface area (Å²) < 4.78 is 30.3. The summed E-state index contributed by atoms with van der Waals surface area (Å²) in [5.74, 6) is 0.655. The summed E-state index contributed by atoms with van der Waals surface area (Å²) in [4.78, 5) is 25.3. The number of hydrogen-bond acceptors (Lipinski definition) is 7. The normalized spacial score (nSPS) is 35.0. The Morgan fingerprint density at radius 3 is 2.46 bits per heavy atom. The second kappa shape index (κ2) is 8.88. The van der Waals surface area contributed by atoms with Crippen molar-refractivity contribution < 1.29 is 17.7 Å². The van der Waals surface area contributed by atoms with Crippen molar-refractivity contribution in [3.8, 4) is 0 Å². The van der Waals surface area contributed by atoms with Crippen LogP contribution in [0.15, 0.2) is 11.1 Å². The molecule has 6 bridgehead atoms. The van der Waals surface area contributed by atoms with E-state index in [1.54, 1.807) is 6.33 Å². The van der Waals surface area contributed by atoms with Crippen LogP contribution in [0.5, 0.6) is 0 Å². The highest BCUT2D eigenvalue weighted by Gasteiger charge is 2.60. The summed E-state index contributed by atoms with van der Waals surface area (Å²) in [7, 11) is -5.64. The molecule has 0 aromatic carbocycles. The highest BCUT2D eigenvalue weighted by Crippen LogP contribution is 2.48. The van der Waals surface area contributed by atoms with Gasteiger partial charge in [0.25, 0.3) is 5.56 Å². The smallest absolute Gasteiger partial charge is 0.335 e. The number of nitrogens with zero attached hydrogens (tertiary/aromatic N) is 3. The number of imidazole rings is 1. The molecule has 0 amide bonds. The van der Waals surface area contributed by atoms with Gasteiger partial charge in [0.1, 0.15) is 11.9 Å². The highest BCUT2D eigenvalue weighted by molar-refractivity contribution is 6.84. The Balaban J connectivity index is 1.77. The van der Waals surface area contributed by atoms with Crippen LogP contribution in [0.1, 0.15) is 73.7 Å². The Kier molecular flexibility index (Phi) is 6.41. The van der Waals surface area contributed by atoms with Gasteiger partial charge in [0.05, 0.1) is 31.2 Å². The Morgan fingerprint density at radius 2 is 1.80 bits per heavy atom. The van der Waals surface area contributed by atoms with Crippen LogP contribution in [0.25, 0.3) is 11.2 Å². The van der Waals surface area contributed by atoms with E-state index in [-0.39, 0.29) is 52.1 Å². The molecule has 194 valence electrons. The van der Waals surface area contributed by atoms with E-state index in [2.05, 4.69) is 65.4 Å². The van der Waals surface area contributed by atoms with Crippen LogP contribution in [0.3, 0.4) is 0 Å². The Morgan fingerprint density at radius 1 is 1.09 bits per heavy atom. The van der Waals surface area contributed by atoms with Crippen molar-refractivity contribution in [2.45, 2.75) is 115 Å². The second-order valence-electron chi connectivity index (χ2n) is 11.6. The van der Waals surface area contributed by atoms with Crippen molar-refractivity contribution in [1.29, 1.82) is 0 Å². The van der Waals surface area contributed by atoms with Gasteiger partial charge >= 0.3 is 17.1 Å². The second-order valence-corrected chi connectivity index (χ2v) is 20.3. The molecule has 9 nitrogen and oxygen atoms in total. The van der Waals surface area contributed by atoms with Gasteiger partial charge in [0, 0.05) is 12.0 Å². The predicted molar refractivity (Wildman–Crippen MR) is 138 cm³/mol. The molecule has 11 heteroatoms. The summed E-state index contributed by atoms with van der Waals surface area (Å²) in [5.41, 5.74) is 1.48. The average molecular weight is 521 g/mol. The van der Waals surface area contributed by atoms with E-state index >= 15 is 0 Å². The molecule has 2 fully saturated rings. The van der Waals surface area contributed by atoms with Crippen LogP contribution in [0, 0.1) is 0 Å². The SMILES string of the molecule is CC1OC2CO[Si]3(C(C)C)O[Si](C(C)C)(C(C)C)OC2CC1n1cnc2c(=O)[nH]c(nc21)CC3C. The quantitative estimate of drug-likeness (QED) is 0.601. The summed E-state index contributed by atoms with van der Waals surface area (Å²) in [6, 6.07) is -0.0564. The maximum absolute atomic E-state index is 13.0.